The minimum Gasteiger partial charge on any atom is -0.211 e. The van der Waals surface area contributed by atoms with Crippen LogP contribution in [-0.4, -0.2) is 20.9 Å². The van der Waals surface area contributed by atoms with Crippen molar-refractivity contribution in [2.24, 2.45) is 5.41 Å². The van der Waals surface area contributed by atoms with E-state index in [1.807, 2.05) is 0 Å². The monoisotopic (exact) mass is 239 g/mol. The second kappa shape index (κ2) is 3.83. The number of hydrogen-bond donors (Lipinski definition) is 1. The molecule has 88 valence electrons. The standard InChI is InChI=1S/C9H15F2NO2S/c1-3-15(13,14)12-7-9(5-4-6-9)8(2,10)11/h3,12H,1,4-7H2,2H3. The second-order valence-corrected chi connectivity index (χ2v) is 5.77. The maximum absolute atomic E-state index is 13.2. The average Bonchev–Trinajstić information content (AvgIpc) is 1.99. The van der Waals surface area contributed by atoms with Gasteiger partial charge in [0.25, 0.3) is 5.92 Å². The van der Waals surface area contributed by atoms with Crippen LogP contribution in [0.3, 0.4) is 0 Å². The van der Waals surface area contributed by atoms with Crippen molar-refractivity contribution in [1.29, 1.82) is 0 Å². The maximum Gasteiger partial charge on any atom is 0.252 e. The van der Waals surface area contributed by atoms with Crippen molar-refractivity contribution >= 4 is 10.0 Å². The molecule has 1 rings (SSSR count). The van der Waals surface area contributed by atoms with Gasteiger partial charge in [0.05, 0.1) is 0 Å². The van der Waals surface area contributed by atoms with E-state index < -0.39 is 21.4 Å². The SMILES string of the molecule is C=CS(=O)(=O)NCC1(C(C)(F)F)CCC1. The molecule has 6 heteroatoms. The van der Waals surface area contributed by atoms with Gasteiger partial charge in [-0.3, -0.25) is 0 Å². The lowest BCUT2D eigenvalue weighted by Crippen LogP contribution is -2.52. The molecule has 0 atom stereocenters. The van der Waals surface area contributed by atoms with E-state index in [0.717, 1.165) is 18.8 Å². The summed E-state index contributed by atoms with van der Waals surface area (Å²) in [5.74, 6) is -2.85. The Hall–Kier alpha value is -0.490. The van der Waals surface area contributed by atoms with Gasteiger partial charge in [-0.15, -0.1) is 0 Å². The number of hydrogen-bond acceptors (Lipinski definition) is 2. The molecule has 0 bridgehead atoms. The Morgan fingerprint density at radius 1 is 1.53 bits per heavy atom. The van der Waals surface area contributed by atoms with Crippen molar-refractivity contribution in [2.75, 3.05) is 6.54 Å². The van der Waals surface area contributed by atoms with Crippen LogP contribution in [0.4, 0.5) is 8.78 Å². The predicted octanol–water partition coefficient (Wildman–Crippen LogP) is 1.87. The molecule has 15 heavy (non-hydrogen) atoms. The first kappa shape index (κ1) is 12.6. The molecule has 0 radical (unpaired) electrons. The molecule has 0 aliphatic heterocycles. The summed E-state index contributed by atoms with van der Waals surface area (Å²) in [5, 5.41) is 0.729. The normalized spacial score (nSPS) is 20.7. The van der Waals surface area contributed by atoms with Gasteiger partial charge in [0.1, 0.15) is 0 Å². The van der Waals surface area contributed by atoms with Gasteiger partial charge in [0.2, 0.25) is 10.0 Å². The Morgan fingerprint density at radius 3 is 2.33 bits per heavy atom. The van der Waals surface area contributed by atoms with Crippen LogP contribution in [0.25, 0.3) is 0 Å². The Morgan fingerprint density at radius 2 is 2.07 bits per heavy atom. The van der Waals surface area contributed by atoms with Gasteiger partial charge in [-0.25, -0.2) is 21.9 Å². The highest BCUT2D eigenvalue weighted by molar-refractivity contribution is 7.92. The van der Waals surface area contributed by atoms with Crippen molar-refractivity contribution < 1.29 is 17.2 Å². The van der Waals surface area contributed by atoms with Crippen LogP contribution in [0.2, 0.25) is 0 Å². The fraction of sp³-hybridized carbons (Fsp3) is 0.778. The van der Waals surface area contributed by atoms with Crippen LogP contribution in [0, 0.1) is 5.41 Å². The highest BCUT2D eigenvalue weighted by atomic mass is 32.2. The molecule has 1 saturated carbocycles. The molecule has 3 nitrogen and oxygen atoms in total. The zero-order valence-corrected chi connectivity index (χ0v) is 9.41. The molecule has 0 aromatic rings. The van der Waals surface area contributed by atoms with Crippen molar-refractivity contribution in [1.82, 2.24) is 4.72 Å². The van der Waals surface area contributed by atoms with E-state index in [1.165, 1.54) is 0 Å². The van der Waals surface area contributed by atoms with Gasteiger partial charge in [-0.1, -0.05) is 13.0 Å². The first-order valence-electron chi connectivity index (χ1n) is 4.72. The van der Waals surface area contributed by atoms with Crippen molar-refractivity contribution in [3.8, 4) is 0 Å². The molecule has 1 fully saturated rings. The molecule has 1 aliphatic rings. The van der Waals surface area contributed by atoms with Crippen molar-refractivity contribution in [3.63, 3.8) is 0 Å². The van der Waals surface area contributed by atoms with Crippen LogP contribution < -0.4 is 4.72 Å². The fourth-order valence-electron chi connectivity index (χ4n) is 1.67. The summed E-state index contributed by atoms with van der Waals surface area (Å²) in [6.45, 7) is 3.73. The van der Waals surface area contributed by atoms with Crippen molar-refractivity contribution in [2.45, 2.75) is 32.1 Å². The quantitative estimate of drug-likeness (QED) is 0.796. The zero-order chi connectivity index (χ0) is 11.7. The van der Waals surface area contributed by atoms with Gasteiger partial charge in [-0.05, 0) is 19.8 Å². The summed E-state index contributed by atoms with van der Waals surface area (Å²) >= 11 is 0. The fourth-order valence-corrected chi connectivity index (χ4v) is 2.27. The second-order valence-electron chi connectivity index (χ2n) is 4.06. The summed E-state index contributed by atoms with van der Waals surface area (Å²) in [6, 6.07) is 0. The number of sulfonamides is 1. The minimum atomic E-state index is -3.61. The van der Waals surface area contributed by atoms with Gasteiger partial charge in [0.15, 0.2) is 0 Å². The summed E-state index contributed by atoms with van der Waals surface area (Å²) in [5.41, 5.74) is -1.21. The third-order valence-electron chi connectivity index (χ3n) is 3.07. The summed E-state index contributed by atoms with van der Waals surface area (Å²) < 4.78 is 50.7. The molecule has 0 amide bonds. The number of rotatable bonds is 5. The lowest BCUT2D eigenvalue weighted by atomic mass is 9.65. The molecule has 0 spiro atoms. The van der Waals surface area contributed by atoms with E-state index >= 15 is 0 Å². The van der Waals surface area contributed by atoms with E-state index in [2.05, 4.69) is 11.3 Å². The average molecular weight is 239 g/mol. The maximum atomic E-state index is 13.2. The van der Waals surface area contributed by atoms with Crippen LogP contribution in [0.1, 0.15) is 26.2 Å². The Kier molecular flexibility index (Phi) is 3.21. The number of nitrogens with one attached hydrogen (secondary N) is 1. The van der Waals surface area contributed by atoms with Crippen LogP contribution in [0.15, 0.2) is 12.0 Å². The third kappa shape index (κ3) is 2.55. The Labute approximate surface area is 88.6 Å². The van der Waals surface area contributed by atoms with E-state index in [4.69, 9.17) is 0 Å². The van der Waals surface area contributed by atoms with Gasteiger partial charge < -0.3 is 0 Å². The van der Waals surface area contributed by atoms with Crippen LogP contribution >= 0.6 is 0 Å². The summed E-state index contributed by atoms with van der Waals surface area (Å²) in [6.07, 6.45) is 1.44. The molecule has 0 unspecified atom stereocenters. The largest absolute Gasteiger partial charge is 0.252 e. The summed E-state index contributed by atoms with van der Waals surface area (Å²) in [7, 11) is -3.61. The lowest BCUT2D eigenvalue weighted by molar-refractivity contribution is -0.143. The predicted molar refractivity (Wildman–Crippen MR) is 54.0 cm³/mol. The number of alkyl halides is 2. The first-order valence-corrected chi connectivity index (χ1v) is 6.27. The highest BCUT2D eigenvalue weighted by Gasteiger charge is 2.53. The lowest BCUT2D eigenvalue weighted by Gasteiger charge is -2.45. The van der Waals surface area contributed by atoms with Gasteiger partial charge >= 0.3 is 0 Å². The molecular formula is C9H15F2NO2S. The summed E-state index contributed by atoms with van der Waals surface area (Å²) in [4.78, 5) is 0. The zero-order valence-electron chi connectivity index (χ0n) is 8.59. The van der Waals surface area contributed by atoms with Crippen LogP contribution in [-0.2, 0) is 10.0 Å². The molecule has 0 aromatic heterocycles. The topological polar surface area (TPSA) is 46.2 Å². The van der Waals surface area contributed by atoms with Gasteiger partial charge in [0, 0.05) is 17.4 Å². The Bertz CT molecular complexity index is 342. The Balaban J connectivity index is 2.68. The third-order valence-corrected chi connectivity index (χ3v) is 4.06. The molecule has 1 aliphatic carbocycles. The molecule has 0 saturated heterocycles. The minimum absolute atomic E-state index is 0.217. The van der Waals surface area contributed by atoms with E-state index in [9.17, 15) is 17.2 Å². The van der Waals surface area contributed by atoms with Crippen LogP contribution in [0.5, 0.6) is 0 Å². The van der Waals surface area contributed by atoms with E-state index in [1.54, 1.807) is 0 Å². The van der Waals surface area contributed by atoms with E-state index in [0.29, 0.717) is 12.8 Å². The molecule has 0 heterocycles. The number of halogens is 2. The molecular weight excluding hydrogens is 224 g/mol. The molecule has 0 aromatic carbocycles. The molecule has 1 N–H and O–H groups in total. The first-order chi connectivity index (χ1) is 6.72. The van der Waals surface area contributed by atoms with Gasteiger partial charge in [-0.2, -0.15) is 0 Å². The highest BCUT2D eigenvalue weighted by Crippen LogP contribution is 2.51. The smallest absolute Gasteiger partial charge is 0.211 e. The van der Waals surface area contributed by atoms with Crippen molar-refractivity contribution in [3.05, 3.63) is 12.0 Å². The van der Waals surface area contributed by atoms with E-state index in [-0.39, 0.29) is 6.54 Å².